The van der Waals surface area contributed by atoms with Crippen LogP contribution in [0.25, 0.3) is 0 Å². The van der Waals surface area contributed by atoms with E-state index in [0.29, 0.717) is 24.6 Å². The van der Waals surface area contributed by atoms with Crippen molar-refractivity contribution in [2.75, 3.05) is 32.6 Å². The zero-order valence-corrected chi connectivity index (χ0v) is 14.4. The lowest BCUT2D eigenvalue weighted by Crippen LogP contribution is -2.30. The van der Waals surface area contributed by atoms with E-state index in [1.54, 1.807) is 7.11 Å². The molecule has 5 nitrogen and oxygen atoms in total. The van der Waals surface area contributed by atoms with E-state index in [1.165, 1.54) is 0 Å². The molecule has 0 heterocycles. The number of rotatable bonds is 8. The Bertz CT molecular complexity index is 673. The van der Waals surface area contributed by atoms with E-state index in [0.717, 1.165) is 11.3 Å². The van der Waals surface area contributed by atoms with Crippen molar-refractivity contribution >= 4 is 11.6 Å². The number of hydrogen-bond acceptors (Lipinski definition) is 4. The number of benzene rings is 2. The fourth-order valence-electron chi connectivity index (χ4n) is 2.42. The van der Waals surface area contributed by atoms with E-state index in [4.69, 9.17) is 9.47 Å². The Morgan fingerprint density at radius 3 is 2.71 bits per heavy atom. The van der Waals surface area contributed by atoms with Crippen LogP contribution < -0.4 is 14.8 Å². The molecule has 0 saturated heterocycles. The SMILES string of the molecule is CCOc1ccccc1NC(=O)CN(C)Cc1cccc(OC)c1. The maximum absolute atomic E-state index is 12.3. The van der Waals surface area contributed by atoms with Gasteiger partial charge in [0.15, 0.2) is 0 Å². The molecule has 0 aliphatic heterocycles. The zero-order valence-electron chi connectivity index (χ0n) is 14.4. The third kappa shape index (κ3) is 5.28. The average molecular weight is 328 g/mol. The van der Waals surface area contributed by atoms with Crippen LogP contribution in [-0.4, -0.2) is 38.1 Å². The number of para-hydroxylation sites is 2. The fourth-order valence-corrected chi connectivity index (χ4v) is 2.42. The highest BCUT2D eigenvalue weighted by Gasteiger charge is 2.10. The van der Waals surface area contributed by atoms with E-state index < -0.39 is 0 Å². The summed E-state index contributed by atoms with van der Waals surface area (Å²) in [4.78, 5) is 14.2. The van der Waals surface area contributed by atoms with E-state index in [9.17, 15) is 4.79 Å². The summed E-state index contributed by atoms with van der Waals surface area (Å²) < 4.78 is 10.7. The molecule has 2 rings (SSSR count). The van der Waals surface area contributed by atoms with Crippen LogP contribution in [0.15, 0.2) is 48.5 Å². The van der Waals surface area contributed by atoms with Crippen LogP contribution >= 0.6 is 0 Å². The summed E-state index contributed by atoms with van der Waals surface area (Å²) in [6, 6.07) is 15.3. The molecule has 0 radical (unpaired) electrons. The molecule has 0 atom stereocenters. The van der Waals surface area contributed by atoms with E-state index in [-0.39, 0.29) is 12.5 Å². The van der Waals surface area contributed by atoms with Crippen LogP contribution in [0, 0.1) is 0 Å². The summed E-state index contributed by atoms with van der Waals surface area (Å²) in [7, 11) is 3.56. The topological polar surface area (TPSA) is 50.8 Å². The molecule has 0 saturated carbocycles. The Balaban J connectivity index is 1.92. The summed E-state index contributed by atoms with van der Waals surface area (Å²) in [5.41, 5.74) is 1.79. The molecular weight excluding hydrogens is 304 g/mol. The standard InChI is InChI=1S/C19H24N2O3/c1-4-24-18-11-6-5-10-17(18)20-19(22)14-21(2)13-15-8-7-9-16(12-15)23-3/h5-12H,4,13-14H2,1-3H3,(H,20,22). The first-order valence-electron chi connectivity index (χ1n) is 7.95. The second-order valence-corrected chi connectivity index (χ2v) is 5.50. The van der Waals surface area contributed by atoms with Gasteiger partial charge in [0.1, 0.15) is 11.5 Å². The number of carbonyl (C=O) groups excluding carboxylic acids is 1. The number of carbonyl (C=O) groups is 1. The third-order valence-electron chi connectivity index (χ3n) is 3.46. The van der Waals surface area contributed by atoms with Crippen LogP contribution in [0.4, 0.5) is 5.69 Å². The normalized spacial score (nSPS) is 10.5. The van der Waals surface area contributed by atoms with Gasteiger partial charge >= 0.3 is 0 Å². The van der Waals surface area contributed by atoms with E-state index >= 15 is 0 Å². The lowest BCUT2D eigenvalue weighted by molar-refractivity contribution is -0.117. The van der Waals surface area contributed by atoms with Crippen LogP contribution in [0.2, 0.25) is 0 Å². The molecule has 0 spiro atoms. The van der Waals surface area contributed by atoms with Gasteiger partial charge in [0, 0.05) is 6.54 Å². The Morgan fingerprint density at radius 2 is 1.96 bits per heavy atom. The van der Waals surface area contributed by atoms with E-state index in [1.807, 2.05) is 67.4 Å². The minimum atomic E-state index is -0.0763. The summed E-state index contributed by atoms with van der Waals surface area (Å²) in [5, 5.41) is 2.90. The Hall–Kier alpha value is -2.53. The van der Waals surface area contributed by atoms with Gasteiger partial charge in [-0.05, 0) is 43.8 Å². The van der Waals surface area contributed by atoms with Gasteiger partial charge in [-0.1, -0.05) is 24.3 Å². The van der Waals surface area contributed by atoms with Crippen molar-refractivity contribution in [1.29, 1.82) is 0 Å². The maximum Gasteiger partial charge on any atom is 0.238 e. The van der Waals surface area contributed by atoms with Crippen LogP contribution in [0.1, 0.15) is 12.5 Å². The van der Waals surface area contributed by atoms with Gasteiger partial charge in [-0.2, -0.15) is 0 Å². The van der Waals surface area contributed by atoms with Crippen LogP contribution in [0.5, 0.6) is 11.5 Å². The second-order valence-electron chi connectivity index (χ2n) is 5.50. The molecule has 0 aliphatic rings. The Labute approximate surface area is 143 Å². The summed E-state index contributed by atoms with van der Waals surface area (Å²) in [6.07, 6.45) is 0. The smallest absolute Gasteiger partial charge is 0.238 e. The van der Waals surface area contributed by atoms with Crippen molar-refractivity contribution < 1.29 is 14.3 Å². The van der Waals surface area contributed by atoms with Gasteiger partial charge in [0.05, 0.1) is 25.9 Å². The number of hydrogen-bond donors (Lipinski definition) is 1. The minimum Gasteiger partial charge on any atom is -0.497 e. The molecule has 1 amide bonds. The molecule has 0 fully saturated rings. The molecule has 0 aliphatic carbocycles. The highest BCUT2D eigenvalue weighted by Crippen LogP contribution is 2.23. The van der Waals surface area contributed by atoms with Crippen LogP contribution in [-0.2, 0) is 11.3 Å². The first kappa shape index (κ1) is 17.8. The lowest BCUT2D eigenvalue weighted by Gasteiger charge is -2.17. The van der Waals surface area contributed by atoms with Crippen molar-refractivity contribution in [1.82, 2.24) is 4.90 Å². The first-order valence-corrected chi connectivity index (χ1v) is 7.95. The molecule has 24 heavy (non-hydrogen) atoms. The van der Waals surface area contributed by atoms with E-state index in [2.05, 4.69) is 5.32 Å². The van der Waals surface area contributed by atoms with Crippen molar-refractivity contribution in [3.8, 4) is 11.5 Å². The number of anilines is 1. The van der Waals surface area contributed by atoms with Gasteiger partial charge < -0.3 is 14.8 Å². The average Bonchev–Trinajstić information content (AvgIpc) is 2.56. The first-order chi connectivity index (χ1) is 11.6. The number of ether oxygens (including phenoxy) is 2. The summed E-state index contributed by atoms with van der Waals surface area (Å²) >= 11 is 0. The summed E-state index contributed by atoms with van der Waals surface area (Å²) in [6.45, 7) is 3.43. The number of amides is 1. The quantitative estimate of drug-likeness (QED) is 0.809. The summed E-state index contributed by atoms with van der Waals surface area (Å²) in [5.74, 6) is 1.42. The van der Waals surface area contributed by atoms with Gasteiger partial charge in [-0.15, -0.1) is 0 Å². The largest absolute Gasteiger partial charge is 0.497 e. The predicted octanol–water partition coefficient (Wildman–Crippen LogP) is 3.16. The van der Waals surface area contributed by atoms with Gasteiger partial charge in [0.2, 0.25) is 5.91 Å². The number of methoxy groups -OCH3 is 1. The molecule has 1 N–H and O–H groups in total. The van der Waals surface area contributed by atoms with Crippen molar-refractivity contribution in [2.24, 2.45) is 0 Å². The predicted molar refractivity (Wildman–Crippen MR) is 95.6 cm³/mol. The Morgan fingerprint density at radius 1 is 1.17 bits per heavy atom. The highest BCUT2D eigenvalue weighted by molar-refractivity contribution is 5.93. The highest BCUT2D eigenvalue weighted by atomic mass is 16.5. The number of likely N-dealkylation sites (N-methyl/N-ethyl adjacent to an activating group) is 1. The van der Waals surface area contributed by atoms with Gasteiger partial charge in [-0.25, -0.2) is 0 Å². The monoisotopic (exact) mass is 328 g/mol. The molecule has 0 unspecified atom stereocenters. The van der Waals surface area contributed by atoms with Gasteiger partial charge in [-0.3, -0.25) is 9.69 Å². The fraction of sp³-hybridized carbons (Fsp3) is 0.316. The van der Waals surface area contributed by atoms with Crippen LogP contribution in [0.3, 0.4) is 0 Å². The van der Waals surface area contributed by atoms with Crippen molar-refractivity contribution in [3.05, 3.63) is 54.1 Å². The molecule has 0 aromatic heterocycles. The minimum absolute atomic E-state index is 0.0763. The number of nitrogens with zero attached hydrogens (tertiary/aromatic N) is 1. The van der Waals surface area contributed by atoms with Gasteiger partial charge in [0.25, 0.3) is 0 Å². The Kier molecular flexibility index (Phi) is 6.63. The zero-order chi connectivity index (χ0) is 17.4. The number of nitrogens with one attached hydrogen (secondary N) is 1. The molecular formula is C19H24N2O3. The molecule has 128 valence electrons. The molecule has 2 aromatic carbocycles. The molecule has 5 heteroatoms. The van der Waals surface area contributed by atoms with Crippen molar-refractivity contribution in [2.45, 2.75) is 13.5 Å². The van der Waals surface area contributed by atoms with Crippen molar-refractivity contribution in [3.63, 3.8) is 0 Å². The third-order valence-corrected chi connectivity index (χ3v) is 3.46. The lowest BCUT2D eigenvalue weighted by atomic mass is 10.2. The maximum atomic E-state index is 12.3. The second kappa shape index (κ2) is 8.93. The molecule has 2 aromatic rings. The molecule has 0 bridgehead atoms.